The highest BCUT2D eigenvalue weighted by atomic mass is 32.2. The molecular formula is C15H14F2N2O4S. The van der Waals surface area contributed by atoms with Gasteiger partial charge >= 0.3 is 6.29 Å². The van der Waals surface area contributed by atoms with E-state index >= 15 is 0 Å². The first-order valence-corrected chi connectivity index (χ1v) is 8.43. The van der Waals surface area contributed by atoms with Gasteiger partial charge in [-0.3, -0.25) is 9.59 Å². The molecule has 0 saturated carbocycles. The van der Waals surface area contributed by atoms with Gasteiger partial charge < -0.3 is 19.7 Å². The van der Waals surface area contributed by atoms with Gasteiger partial charge in [-0.2, -0.15) is 0 Å². The van der Waals surface area contributed by atoms with Crippen molar-refractivity contribution in [2.45, 2.75) is 37.0 Å². The molecule has 1 aromatic rings. The fraction of sp³-hybridized carbons (Fsp3) is 0.467. The Morgan fingerprint density at radius 2 is 2.12 bits per heavy atom. The van der Waals surface area contributed by atoms with Crippen LogP contribution < -0.4 is 14.8 Å². The lowest BCUT2D eigenvalue weighted by molar-refractivity contribution is -0.286. The van der Waals surface area contributed by atoms with Crippen LogP contribution in [0.2, 0.25) is 0 Å². The van der Waals surface area contributed by atoms with E-state index in [0.29, 0.717) is 17.9 Å². The van der Waals surface area contributed by atoms with Crippen molar-refractivity contribution in [1.82, 2.24) is 4.90 Å². The Morgan fingerprint density at radius 3 is 2.92 bits per heavy atom. The molecule has 0 aromatic heterocycles. The van der Waals surface area contributed by atoms with E-state index in [1.807, 2.05) is 6.92 Å². The minimum atomic E-state index is -3.70. The molecule has 9 heteroatoms. The summed E-state index contributed by atoms with van der Waals surface area (Å²) >= 11 is 1.59. The number of amides is 2. The zero-order valence-corrected chi connectivity index (χ0v) is 13.5. The van der Waals surface area contributed by atoms with Crippen LogP contribution in [-0.2, 0) is 9.59 Å². The van der Waals surface area contributed by atoms with Gasteiger partial charge in [-0.1, -0.05) is 0 Å². The number of thioether (sulfide) groups is 1. The highest BCUT2D eigenvalue weighted by Crippen LogP contribution is 2.47. The van der Waals surface area contributed by atoms with Crippen molar-refractivity contribution in [2.24, 2.45) is 0 Å². The monoisotopic (exact) mass is 356 g/mol. The molecular weight excluding hydrogens is 342 g/mol. The summed E-state index contributed by atoms with van der Waals surface area (Å²) in [6, 6.07) is 3.47. The first kappa shape index (κ1) is 15.5. The Balaban J connectivity index is 1.51. The van der Waals surface area contributed by atoms with Gasteiger partial charge in [0.25, 0.3) is 0 Å². The van der Waals surface area contributed by atoms with Crippen LogP contribution in [0.15, 0.2) is 18.2 Å². The molecule has 3 aliphatic heterocycles. The van der Waals surface area contributed by atoms with Gasteiger partial charge in [-0.05, 0) is 25.5 Å². The number of anilines is 1. The predicted octanol–water partition coefficient (Wildman–Crippen LogP) is 2.40. The predicted molar refractivity (Wildman–Crippen MR) is 82.0 cm³/mol. The SMILES string of the molecule is C[C@@]12CCC(=O)N1[C@@H](C(=O)Nc1ccc3c(c1)OC(F)(F)O3)CS2. The molecule has 0 radical (unpaired) electrons. The number of ether oxygens (including phenoxy) is 2. The lowest BCUT2D eigenvalue weighted by Gasteiger charge is -2.29. The first-order chi connectivity index (χ1) is 11.3. The van der Waals surface area contributed by atoms with Gasteiger partial charge in [-0.15, -0.1) is 20.5 Å². The summed E-state index contributed by atoms with van der Waals surface area (Å²) in [6.45, 7) is 1.96. The second-order valence-corrected chi connectivity index (χ2v) is 7.59. The quantitative estimate of drug-likeness (QED) is 0.881. The summed E-state index contributed by atoms with van der Waals surface area (Å²) in [4.78, 5) is 25.9. The van der Waals surface area contributed by atoms with E-state index in [-0.39, 0.29) is 28.2 Å². The number of carbonyl (C=O) groups is 2. The zero-order valence-electron chi connectivity index (χ0n) is 12.7. The summed E-state index contributed by atoms with van der Waals surface area (Å²) in [5.74, 6) is -0.0889. The maximum Gasteiger partial charge on any atom is 0.586 e. The maximum atomic E-state index is 13.0. The highest BCUT2D eigenvalue weighted by Gasteiger charge is 2.53. The minimum absolute atomic E-state index is 0.0343. The number of hydrogen-bond donors (Lipinski definition) is 1. The zero-order chi connectivity index (χ0) is 17.1. The molecule has 6 nitrogen and oxygen atoms in total. The number of alkyl halides is 2. The van der Waals surface area contributed by atoms with E-state index in [4.69, 9.17) is 0 Å². The van der Waals surface area contributed by atoms with Crippen molar-refractivity contribution in [3.05, 3.63) is 18.2 Å². The Labute approximate surface area is 140 Å². The second-order valence-electron chi connectivity index (χ2n) is 6.08. The van der Waals surface area contributed by atoms with E-state index in [1.165, 1.54) is 18.2 Å². The Kier molecular flexibility index (Phi) is 3.22. The van der Waals surface area contributed by atoms with Crippen LogP contribution in [0.3, 0.4) is 0 Å². The maximum absolute atomic E-state index is 13.0. The highest BCUT2D eigenvalue weighted by molar-refractivity contribution is 8.01. The van der Waals surface area contributed by atoms with Crippen molar-refractivity contribution in [3.8, 4) is 11.5 Å². The molecule has 0 bridgehead atoms. The van der Waals surface area contributed by atoms with Crippen LogP contribution in [0.5, 0.6) is 11.5 Å². The fourth-order valence-corrected chi connectivity index (χ4v) is 4.70. The molecule has 0 aliphatic carbocycles. The number of benzene rings is 1. The first-order valence-electron chi connectivity index (χ1n) is 7.44. The summed E-state index contributed by atoms with van der Waals surface area (Å²) < 4.78 is 34.7. The van der Waals surface area contributed by atoms with E-state index in [9.17, 15) is 18.4 Å². The molecule has 2 saturated heterocycles. The summed E-state index contributed by atoms with van der Waals surface area (Å²) in [5, 5.41) is 2.66. The van der Waals surface area contributed by atoms with Gasteiger partial charge in [0, 0.05) is 23.9 Å². The van der Waals surface area contributed by atoms with Gasteiger partial charge in [0.15, 0.2) is 11.5 Å². The average molecular weight is 356 g/mol. The van der Waals surface area contributed by atoms with Crippen LogP contribution in [0.25, 0.3) is 0 Å². The minimum Gasteiger partial charge on any atom is -0.395 e. The molecule has 2 fully saturated rings. The lowest BCUT2D eigenvalue weighted by atomic mass is 10.2. The Morgan fingerprint density at radius 1 is 1.38 bits per heavy atom. The Bertz CT molecular complexity index is 744. The number of carbonyl (C=O) groups excluding carboxylic acids is 2. The fourth-order valence-electron chi connectivity index (χ4n) is 3.27. The van der Waals surface area contributed by atoms with E-state index in [2.05, 4.69) is 14.8 Å². The van der Waals surface area contributed by atoms with Gasteiger partial charge in [0.2, 0.25) is 11.8 Å². The molecule has 4 rings (SSSR count). The molecule has 1 N–H and O–H groups in total. The normalized spacial score (nSPS) is 29.7. The summed E-state index contributed by atoms with van der Waals surface area (Å²) in [7, 11) is 0. The van der Waals surface area contributed by atoms with Crippen LogP contribution in [0, 0.1) is 0 Å². The molecule has 0 unspecified atom stereocenters. The number of nitrogens with one attached hydrogen (secondary N) is 1. The summed E-state index contributed by atoms with van der Waals surface area (Å²) in [6.07, 6.45) is -2.54. The molecule has 1 aromatic carbocycles. The standard InChI is InChI=1S/C15H14F2N2O4S/c1-14-5-4-12(20)19(14)9(7-24-14)13(21)18-8-2-3-10-11(6-8)23-15(16,17)22-10/h2-3,6,9H,4-5,7H2,1H3,(H,18,21)/t9-,14-/m1/s1. The van der Waals surface area contributed by atoms with Crippen LogP contribution in [0.1, 0.15) is 19.8 Å². The van der Waals surface area contributed by atoms with Gasteiger partial charge in [-0.25, -0.2) is 0 Å². The van der Waals surface area contributed by atoms with Crippen molar-refractivity contribution >= 4 is 29.3 Å². The molecule has 3 heterocycles. The topological polar surface area (TPSA) is 67.9 Å². The van der Waals surface area contributed by atoms with Crippen molar-refractivity contribution in [2.75, 3.05) is 11.1 Å². The van der Waals surface area contributed by atoms with E-state index in [0.717, 1.165) is 6.42 Å². The van der Waals surface area contributed by atoms with E-state index < -0.39 is 12.3 Å². The number of nitrogens with zero attached hydrogens (tertiary/aromatic N) is 1. The number of fused-ring (bicyclic) bond motifs is 2. The van der Waals surface area contributed by atoms with Crippen LogP contribution >= 0.6 is 11.8 Å². The lowest BCUT2D eigenvalue weighted by Crippen LogP contribution is -2.48. The van der Waals surface area contributed by atoms with Gasteiger partial charge in [0.05, 0.1) is 4.87 Å². The smallest absolute Gasteiger partial charge is 0.395 e. The number of halogens is 2. The molecule has 2 atom stereocenters. The van der Waals surface area contributed by atoms with Crippen molar-refractivity contribution in [3.63, 3.8) is 0 Å². The largest absolute Gasteiger partial charge is 0.586 e. The average Bonchev–Trinajstić information content (AvgIpc) is 3.09. The van der Waals surface area contributed by atoms with Crippen molar-refractivity contribution in [1.29, 1.82) is 0 Å². The third-order valence-corrected chi connectivity index (χ3v) is 5.92. The van der Waals surface area contributed by atoms with Crippen LogP contribution in [0.4, 0.5) is 14.5 Å². The molecule has 2 amide bonds. The third-order valence-electron chi connectivity index (χ3n) is 4.42. The molecule has 0 spiro atoms. The summed E-state index contributed by atoms with van der Waals surface area (Å²) in [5.41, 5.74) is 0.310. The Hall–Kier alpha value is -2.03. The molecule has 24 heavy (non-hydrogen) atoms. The molecule has 3 aliphatic rings. The van der Waals surface area contributed by atoms with Crippen LogP contribution in [-0.4, -0.2) is 39.7 Å². The van der Waals surface area contributed by atoms with E-state index in [1.54, 1.807) is 16.7 Å². The number of hydrogen-bond acceptors (Lipinski definition) is 5. The van der Waals surface area contributed by atoms with Gasteiger partial charge in [0.1, 0.15) is 6.04 Å². The molecule has 128 valence electrons. The second kappa shape index (κ2) is 4.98. The van der Waals surface area contributed by atoms with Crippen molar-refractivity contribution < 1.29 is 27.8 Å². The number of rotatable bonds is 2. The third kappa shape index (κ3) is 2.38.